The number of anilines is 2. The molecule has 1 N–H and O–H groups in total. The van der Waals surface area contributed by atoms with Gasteiger partial charge >= 0.3 is 0 Å². The van der Waals surface area contributed by atoms with Crippen molar-refractivity contribution in [3.05, 3.63) is 65.2 Å². The first-order chi connectivity index (χ1) is 16.2. The van der Waals surface area contributed by atoms with E-state index in [1.807, 2.05) is 31.2 Å². The summed E-state index contributed by atoms with van der Waals surface area (Å²) in [5.74, 6) is 0.802. The molecule has 1 aliphatic heterocycles. The van der Waals surface area contributed by atoms with Crippen LogP contribution in [0.15, 0.2) is 53.7 Å². The molecule has 0 saturated carbocycles. The van der Waals surface area contributed by atoms with Crippen molar-refractivity contribution in [2.45, 2.75) is 43.1 Å². The van der Waals surface area contributed by atoms with Crippen molar-refractivity contribution in [2.24, 2.45) is 0 Å². The number of aromatic nitrogens is 3. The average molecular weight is 464 g/mol. The largest absolute Gasteiger partial charge is 0.378 e. The summed E-state index contributed by atoms with van der Waals surface area (Å²) in [6.45, 7) is 5.50. The van der Waals surface area contributed by atoms with E-state index in [0.717, 1.165) is 42.7 Å². The van der Waals surface area contributed by atoms with E-state index in [0.29, 0.717) is 19.8 Å². The topological polar surface area (TPSA) is 72.3 Å². The van der Waals surface area contributed by atoms with Gasteiger partial charge in [0.2, 0.25) is 11.9 Å². The van der Waals surface area contributed by atoms with Crippen LogP contribution in [0.5, 0.6) is 0 Å². The summed E-state index contributed by atoms with van der Waals surface area (Å²) < 4.78 is 7.62. The normalized spacial score (nSPS) is 16.5. The van der Waals surface area contributed by atoms with Crippen molar-refractivity contribution in [1.29, 1.82) is 0 Å². The fraction of sp³-hybridized carbons (Fsp3) is 0.400. The fourth-order valence-electron chi connectivity index (χ4n) is 4.37. The standard InChI is InChI=1S/C25H29N5O2S/c1-18(23(31)26-22-11-10-20-8-5-9-21(20)16-22)33-25-28-27-24(29-12-14-32-15-13-29)30(25)17-19-6-3-2-4-7-19/h2-4,6-7,10-11,16,18H,5,8-9,12-15,17H2,1H3,(H,26,31)/t18-/m0/s1. The molecular weight excluding hydrogens is 434 g/mol. The third kappa shape index (κ3) is 5.07. The molecule has 5 rings (SSSR count). The van der Waals surface area contributed by atoms with Crippen LogP contribution in [0.1, 0.15) is 30.0 Å². The number of fused-ring (bicyclic) bond motifs is 1. The molecule has 1 fully saturated rings. The maximum Gasteiger partial charge on any atom is 0.237 e. The Morgan fingerprint density at radius 3 is 2.70 bits per heavy atom. The molecule has 7 nitrogen and oxygen atoms in total. The zero-order chi connectivity index (χ0) is 22.6. The van der Waals surface area contributed by atoms with Gasteiger partial charge in [0.15, 0.2) is 5.16 Å². The molecule has 1 amide bonds. The number of hydrogen-bond donors (Lipinski definition) is 1. The number of rotatable bonds is 7. The van der Waals surface area contributed by atoms with Crippen LogP contribution in [-0.4, -0.2) is 52.2 Å². The van der Waals surface area contributed by atoms with E-state index >= 15 is 0 Å². The van der Waals surface area contributed by atoms with E-state index < -0.39 is 0 Å². The lowest BCUT2D eigenvalue weighted by molar-refractivity contribution is -0.115. The highest BCUT2D eigenvalue weighted by atomic mass is 32.2. The summed E-state index contributed by atoms with van der Waals surface area (Å²) in [4.78, 5) is 15.2. The van der Waals surface area contributed by atoms with Gasteiger partial charge in [0.1, 0.15) is 0 Å². The summed E-state index contributed by atoms with van der Waals surface area (Å²) in [7, 11) is 0. The Morgan fingerprint density at radius 2 is 1.88 bits per heavy atom. The van der Waals surface area contributed by atoms with Crippen LogP contribution in [0.25, 0.3) is 0 Å². The molecule has 1 atom stereocenters. The second-order valence-corrected chi connectivity index (χ2v) is 9.85. The van der Waals surface area contributed by atoms with Gasteiger partial charge < -0.3 is 15.0 Å². The Bertz CT molecular complexity index is 1110. The quantitative estimate of drug-likeness (QED) is 0.538. The maximum atomic E-state index is 13.0. The molecule has 172 valence electrons. The number of thioether (sulfide) groups is 1. The first-order valence-corrected chi connectivity index (χ1v) is 12.4. The molecule has 2 heterocycles. The van der Waals surface area contributed by atoms with Crippen molar-refractivity contribution in [2.75, 3.05) is 36.5 Å². The van der Waals surface area contributed by atoms with Crippen LogP contribution in [0.4, 0.5) is 11.6 Å². The zero-order valence-electron chi connectivity index (χ0n) is 18.9. The number of nitrogens with one attached hydrogen (secondary N) is 1. The Kier molecular flexibility index (Phi) is 6.64. The highest BCUT2D eigenvalue weighted by Crippen LogP contribution is 2.29. The predicted octanol–water partition coefficient (Wildman–Crippen LogP) is 3.77. The average Bonchev–Trinajstić information content (AvgIpc) is 3.47. The van der Waals surface area contributed by atoms with Crippen molar-refractivity contribution < 1.29 is 9.53 Å². The Labute approximate surface area is 198 Å². The molecule has 2 aromatic carbocycles. The van der Waals surface area contributed by atoms with Crippen LogP contribution in [0, 0.1) is 0 Å². The van der Waals surface area contributed by atoms with Gasteiger partial charge in [-0.25, -0.2) is 0 Å². The van der Waals surface area contributed by atoms with Crippen LogP contribution in [-0.2, 0) is 28.9 Å². The van der Waals surface area contributed by atoms with Gasteiger partial charge in [0.25, 0.3) is 0 Å². The first kappa shape index (κ1) is 22.0. The van der Waals surface area contributed by atoms with E-state index in [2.05, 4.69) is 49.2 Å². The highest BCUT2D eigenvalue weighted by Gasteiger charge is 2.24. The highest BCUT2D eigenvalue weighted by molar-refractivity contribution is 8.00. The zero-order valence-corrected chi connectivity index (χ0v) is 19.7. The molecule has 8 heteroatoms. The number of aryl methyl sites for hydroxylation is 2. The summed E-state index contributed by atoms with van der Waals surface area (Å²) in [6.07, 6.45) is 3.43. The molecule has 2 aliphatic rings. The molecule has 3 aromatic rings. The van der Waals surface area contributed by atoms with Crippen LogP contribution in [0.2, 0.25) is 0 Å². The maximum absolute atomic E-state index is 13.0. The van der Waals surface area contributed by atoms with E-state index in [-0.39, 0.29) is 11.2 Å². The molecule has 0 radical (unpaired) electrons. The van der Waals surface area contributed by atoms with Gasteiger partial charge in [0, 0.05) is 18.8 Å². The number of carbonyl (C=O) groups is 1. The second-order valence-electron chi connectivity index (χ2n) is 8.54. The van der Waals surface area contributed by atoms with Gasteiger partial charge in [-0.1, -0.05) is 48.2 Å². The minimum atomic E-state index is -0.311. The molecule has 0 unspecified atom stereocenters. The van der Waals surface area contributed by atoms with E-state index in [9.17, 15) is 4.79 Å². The SMILES string of the molecule is C[C@H](Sc1nnc(N2CCOCC2)n1Cc1ccccc1)C(=O)Nc1ccc2c(c1)CCC2. The minimum absolute atomic E-state index is 0.0277. The number of carbonyl (C=O) groups excluding carboxylic acids is 1. The second kappa shape index (κ2) is 9.97. The summed E-state index contributed by atoms with van der Waals surface area (Å²) in [6, 6.07) is 16.5. The molecule has 0 spiro atoms. The monoisotopic (exact) mass is 463 g/mol. The number of hydrogen-bond acceptors (Lipinski definition) is 6. The Balaban J connectivity index is 1.33. The molecule has 0 bridgehead atoms. The van der Waals surface area contributed by atoms with Gasteiger partial charge in [-0.15, -0.1) is 10.2 Å². The van der Waals surface area contributed by atoms with Crippen LogP contribution in [0.3, 0.4) is 0 Å². The lowest BCUT2D eigenvalue weighted by atomic mass is 10.1. The summed E-state index contributed by atoms with van der Waals surface area (Å²) in [5, 5.41) is 12.5. The molecule has 1 aromatic heterocycles. The van der Waals surface area contributed by atoms with E-state index in [1.54, 1.807) is 0 Å². The van der Waals surface area contributed by atoms with E-state index in [1.165, 1.54) is 34.9 Å². The number of amides is 1. The third-order valence-corrected chi connectivity index (χ3v) is 7.27. The summed E-state index contributed by atoms with van der Waals surface area (Å²) in [5.41, 5.74) is 4.79. The smallest absolute Gasteiger partial charge is 0.237 e. The van der Waals surface area contributed by atoms with Crippen molar-refractivity contribution in [3.8, 4) is 0 Å². The van der Waals surface area contributed by atoms with Gasteiger partial charge in [-0.05, 0) is 55.0 Å². The number of nitrogens with zero attached hydrogens (tertiary/aromatic N) is 4. The van der Waals surface area contributed by atoms with Crippen molar-refractivity contribution in [1.82, 2.24) is 14.8 Å². The Morgan fingerprint density at radius 1 is 1.09 bits per heavy atom. The lowest BCUT2D eigenvalue weighted by Gasteiger charge is -2.28. The van der Waals surface area contributed by atoms with Crippen molar-refractivity contribution in [3.63, 3.8) is 0 Å². The minimum Gasteiger partial charge on any atom is -0.378 e. The van der Waals surface area contributed by atoms with Crippen molar-refractivity contribution >= 4 is 29.3 Å². The lowest BCUT2D eigenvalue weighted by Crippen LogP contribution is -2.38. The van der Waals surface area contributed by atoms with Gasteiger partial charge in [-0.3, -0.25) is 9.36 Å². The molecule has 1 aliphatic carbocycles. The number of ether oxygens (including phenoxy) is 1. The number of benzene rings is 2. The van der Waals surface area contributed by atoms with Gasteiger partial charge in [0.05, 0.1) is 25.0 Å². The summed E-state index contributed by atoms with van der Waals surface area (Å²) >= 11 is 1.45. The number of morpholine rings is 1. The third-order valence-electron chi connectivity index (χ3n) is 6.19. The first-order valence-electron chi connectivity index (χ1n) is 11.6. The Hall–Kier alpha value is -2.84. The predicted molar refractivity (Wildman–Crippen MR) is 131 cm³/mol. The van der Waals surface area contributed by atoms with E-state index in [4.69, 9.17) is 4.74 Å². The van der Waals surface area contributed by atoms with Crippen LogP contribution >= 0.6 is 11.8 Å². The fourth-order valence-corrected chi connectivity index (χ4v) is 5.22. The molecule has 33 heavy (non-hydrogen) atoms. The molecule has 1 saturated heterocycles. The molecular formula is C25H29N5O2S. The van der Waals surface area contributed by atoms with Gasteiger partial charge in [-0.2, -0.15) is 0 Å². The van der Waals surface area contributed by atoms with Crippen LogP contribution < -0.4 is 10.2 Å².